The predicted molar refractivity (Wildman–Crippen MR) is 64.4 cm³/mol. The van der Waals surface area contributed by atoms with Crippen LogP contribution >= 0.6 is 11.3 Å². The Balaban J connectivity index is 2.16. The number of halogens is 2. The molecule has 1 aromatic heterocycles. The molecule has 0 aliphatic carbocycles. The number of Topliss-reactive ketones (excluding diaryl/α,β-unsaturated/α-hetero) is 1. The summed E-state index contributed by atoms with van der Waals surface area (Å²) in [4.78, 5) is 15.8. The zero-order valence-corrected chi connectivity index (χ0v) is 10.1. The molecule has 0 bridgehead atoms. The van der Waals surface area contributed by atoms with Crippen LogP contribution in [-0.4, -0.2) is 10.8 Å². The Hall–Kier alpha value is -1.66. The minimum absolute atomic E-state index is 0.139. The molecule has 3 nitrogen and oxygen atoms in total. The van der Waals surface area contributed by atoms with Gasteiger partial charge in [0.1, 0.15) is 22.3 Å². The van der Waals surface area contributed by atoms with Gasteiger partial charge in [-0.1, -0.05) is 6.07 Å². The molecule has 0 saturated carbocycles. The van der Waals surface area contributed by atoms with E-state index < -0.39 is 11.6 Å². The maximum atomic E-state index is 13.4. The average molecular weight is 268 g/mol. The summed E-state index contributed by atoms with van der Waals surface area (Å²) in [6.07, 6.45) is -0.139. The van der Waals surface area contributed by atoms with Crippen LogP contribution in [0.2, 0.25) is 0 Å². The third-order valence-corrected chi connectivity index (χ3v) is 3.25. The lowest BCUT2D eigenvalue weighted by molar-refractivity contribution is 0.0987. The van der Waals surface area contributed by atoms with E-state index in [0.29, 0.717) is 5.01 Å². The van der Waals surface area contributed by atoms with Gasteiger partial charge in [0.05, 0.1) is 0 Å². The van der Waals surface area contributed by atoms with Crippen LogP contribution in [0.3, 0.4) is 0 Å². The van der Waals surface area contributed by atoms with E-state index in [-0.39, 0.29) is 30.0 Å². The summed E-state index contributed by atoms with van der Waals surface area (Å²) in [5, 5.41) is 2.24. The van der Waals surface area contributed by atoms with Gasteiger partial charge in [-0.05, 0) is 11.6 Å². The Morgan fingerprint density at radius 3 is 2.78 bits per heavy atom. The summed E-state index contributed by atoms with van der Waals surface area (Å²) in [5.74, 6) is -1.70. The molecule has 0 aliphatic rings. The van der Waals surface area contributed by atoms with Gasteiger partial charge in [0.25, 0.3) is 0 Å². The van der Waals surface area contributed by atoms with Crippen molar-refractivity contribution in [1.82, 2.24) is 4.98 Å². The Morgan fingerprint density at radius 2 is 2.17 bits per heavy atom. The highest BCUT2D eigenvalue weighted by Gasteiger charge is 2.14. The molecule has 0 fully saturated rings. The number of ketones is 1. The second-order valence-electron chi connectivity index (χ2n) is 3.67. The quantitative estimate of drug-likeness (QED) is 0.866. The largest absolute Gasteiger partial charge is 0.325 e. The Labute approximate surface area is 106 Å². The fraction of sp³-hybridized carbons (Fsp3) is 0.167. The normalized spacial score (nSPS) is 10.6. The number of benzene rings is 1. The van der Waals surface area contributed by atoms with Crippen molar-refractivity contribution >= 4 is 17.1 Å². The second kappa shape index (κ2) is 5.32. The summed E-state index contributed by atoms with van der Waals surface area (Å²) in [6, 6.07) is 3.14. The number of hydrogen-bond donors (Lipinski definition) is 1. The zero-order valence-electron chi connectivity index (χ0n) is 9.32. The summed E-state index contributed by atoms with van der Waals surface area (Å²) in [7, 11) is 0. The van der Waals surface area contributed by atoms with Gasteiger partial charge in [-0.15, -0.1) is 11.3 Å². The molecule has 0 spiro atoms. The molecule has 0 unspecified atom stereocenters. The van der Waals surface area contributed by atoms with Crippen molar-refractivity contribution in [2.45, 2.75) is 13.0 Å². The number of carbonyl (C=O) groups is 1. The summed E-state index contributed by atoms with van der Waals surface area (Å²) in [6.45, 7) is 0.267. The molecule has 6 heteroatoms. The molecule has 18 heavy (non-hydrogen) atoms. The van der Waals surface area contributed by atoms with E-state index >= 15 is 0 Å². The highest BCUT2D eigenvalue weighted by atomic mass is 32.1. The van der Waals surface area contributed by atoms with E-state index in [1.165, 1.54) is 17.4 Å². The lowest BCUT2D eigenvalue weighted by atomic mass is 10.1. The molecule has 2 N–H and O–H groups in total. The highest BCUT2D eigenvalue weighted by Crippen LogP contribution is 2.15. The minimum Gasteiger partial charge on any atom is -0.325 e. The minimum atomic E-state index is -0.724. The highest BCUT2D eigenvalue weighted by molar-refractivity contribution is 7.09. The van der Waals surface area contributed by atoms with E-state index in [9.17, 15) is 13.6 Å². The monoisotopic (exact) mass is 268 g/mol. The predicted octanol–water partition coefficient (Wildman–Crippen LogP) is 2.31. The number of hydrogen-bond acceptors (Lipinski definition) is 4. The topological polar surface area (TPSA) is 56.0 Å². The van der Waals surface area contributed by atoms with E-state index in [1.807, 2.05) is 0 Å². The smallest absolute Gasteiger partial charge is 0.186 e. The molecular weight excluding hydrogens is 258 g/mol. The first-order valence-corrected chi connectivity index (χ1v) is 6.09. The third kappa shape index (κ3) is 2.77. The van der Waals surface area contributed by atoms with Gasteiger partial charge in [0.15, 0.2) is 5.78 Å². The van der Waals surface area contributed by atoms with E-state index in [0.717, 1.165) is 12.1 Å². The number of carbonyl (C=O) groups excluding carboxylic acids is 1. The van der Waals surface area contributed by atoms with Gasteiger partial charge in [0, 0.05) is 24.4 Å². The van der Waals surface area contributed by atoms with Crippen molar-refractivity contribution in [3.8, 4) is 0 Å². The first-order chi connectivity index (χ1) is 8.60. The zero-order chi connectivity index (χ0) is 13.1. The SMILES string of the molecule is NCc1nc(C(=O)Cc2ccc(F)cc2F)cs1. The number of nitrogens with two attached hydrogens (primary N) is 1. The summed E-state index contributed by atoms with van der Waals surface area (Å²) < 4.78 is 26.1. The Bertz CT molecular complexity index is 583. The summed E-state index contributed by atoms with van der Waals surface area (Å²) >= 11 is 1.28. The van der Waals surface area contributed by atoms with Crippen LogP contribution in [-0.2, 0) is 13.0 Å². The molecular formula is C12H10F2N2OS. The van der Waals surface area contributed by atoms with Crippen molar-refractivity contribution < 1.29 is 13.6 Å². The van der Waals surface area contributed by atoms with Gasteiger partial charge in [0.2, 0.25) is 0 Å². The molecule has 0 saturated heterocycles. The number of thiazole rings is 1. The van der Waals surface area contributed by atoms with Crippen LogP contribution in [0.25, 0.3) is 0 Å². The van der Waals surface area contributed by atoms with Gasteiger partial charge in [-0.2, -0.15) is 0 Å². The maximum absolute atomic E-state index is 13.4. The average Bonchev–Trinajstić information content (AvgIpc) is 2.81. The first kappa shape index (κ1) is 12.8. The third-order valence-electron chi connectivity index (χ3n) is 2.38. The maximum Gasteiger partial charge on any atom is 0.186 e. The summed E-state index contributed by atoms with van der Waals surface area (Å²) in [5.41, 5.74) is 5.82. The van der Waals surface area contributed by atoms with Crippen molar-refractivity contribution in [1.29, 1.82) is 0 Å². The van der Waals surface area contributed by atoms with Gasteiger partial charge >= 0.3 is 0 Å². The van der Waals surface area contributed by atoms with Crippen LogP contribution in [0.5, 0.6) is 0 Å². The van der Waals surface area contributed by atoms with Crippen molar-refractivity contribution in [2.75, 3.05) is 0 Å². The van der Waals surface area contributed by atoms with E-state index in [4.69, 9.17) is 5.73 Å². The fourth-order valence-electron chi connectivity index (χ4n) is 1.46. The molecule has 2 rings (SSSR count). The van der Waals surface area contributed by atoms with Crippen LogP contribution < -0.4 is 5.73 Å². The molecule has 1 aromatic carbocycles. The van der Waals surface area contributed by atoms with Crippen molar-refractivity contribution in [3.63, 3.8) is 0 Å². The van der Waals surface area contributed by atoms with Crippen molar-refractivity contribution in [2.24, 2.45) is 5.73 Å². The lowest BCUT2D eigenvalue weighted by Gasteiger charge is -2.01. The van der Waals surface area contributed by atoms with Gasteiger partial charge < -0.3 is 5.73 Å². The van der Waals surface area contributed by atoms with Crippen LogP contribution in [0.4, 0.5) is 8.78 Å². The molecule has 2 aromatic rings. The molecule has 0 radical (unpaired) electrons. The number of nitrogens with zero attached hydrogens (tertiary/aromatic N) is 1. The van der Waals surface area contributed by atoms with Crippen LogP contribution in [0, 0.1) is 11.6 Å². The lowest BCUT2D eigenvalue weighted by Crippen LogP contribution is -2.06. The Kier molecular flexibility index (Phi) is 3.78. The second-order valence-corrected chi connectivity index (χ2v) is 4.61. The number of rotatable bonds is 4. The number of aromatic nitrogens is 1. The molecule has 94 valence electrons. The molecule has 0 aliphatic heterocycles. The van der Waals surface area contributed by atoms with Crippen LogP contribution in [0.1, 0.15) is 21.1 Å². The fourth-order valence-corrected chi connectivity index (χ4v) is 2.14. The molecule has 0 amide bonds. The van der Waals surface area contributed by atoms with E-state index in [1.54, 1.807) is 5.38 Å². The Morgan fingerprint density at radius 1 is 1.39 bits per heavy atom. The first-order valence-electron chi connectivity index (χ1n) is 5.21. The van der Waals surface area contributed by atoms with E-state index in [2.05, 4.69) is 4.98 Å². The molecule has 1 heterocycles. The van der Waals surface area contributed by atoms with Crippen LogP contribution in [0.15, 0.2) is 23.6 Å². The molecule has 0 atom stereocenters. The van der Waals surface area contributed by atoms with Gasteiger partial charge in [-0.3, -0.25) is 4.79 Å². The van der Waals surface area contributed by atoms with Crippen molar-refractivity contribution in [3.05, 3.63) is 51.5 Å². The van der Waals surface area contributed by atoms with Gasteiger partial charge in [-0.25, -0.2) is 13.8 Å². The standard InChI is InChI=1S/C12H10F2N2OS/c13-8-2-1-7(9(14)4-8)3-11(17)10-6-18-12(5-15)16-10/h1-2,4,6H,3,5,15H2.